The number of thiophene rings is 1. The molecule has 0 bridgehead atoms. The Hall–Kier alpha value is -3.01. The SMILES string of the molecule is CCOC(=O)N1CCC(NC(=O)C2CCN(c3ncnc4c3sc3cccc(F)c34)CC2)CC1. The molecule has 4 heterocycles. The molecule has 2 saturated heterocycles. The van der Waals surface area contributed by atoms with E-state index < -0.39 is 0 Å². The first kappa shape index (κ1) is 22.8. The molecular formula is C24H28FN5O3S. The zero-order valence-electron chi connectivity index (χ0n) is 19.1. The van der Waals surface area contributed by atoms with Gasteiger partial charge in [-0.05, 0) is 44.7 Å². The van der Waals surface area contributed by atoms with Gasteiger partial charge < -0.3 is 19.9 Å². The molecule has 2 fully saturated rings. The minimum atomic E-state index is -0.278. The second-order valence-corrected chi connectivity index (χ2v) is 9.87. The molecule has 0 radical (unpaired) electrons. The summed E-state index contributed by atoms with van der Waals surface area (Å²) in [6, 6.07) is 5.17. The van der Waals surface area contributed by atoms with Gasteiger partial charge in [-0.15, -0.1) is 11.3 Å². The number of amides is 2. The standard InChI is InChI=1S/C24H28FN5O3S/c1-2-33-24(32)30-12-8-16(9-13-30)28-23(31)15-6-10-29(11-7-15)22-21-20(26-14-27-22)19-17(25)4-3-5-18(19)34-21/h3-5,14-16H,2,6-13H2,1H3,(H,28,31). The molecule has 2 amide bonds. The number of nitrogens with zero attached hydrogens (tertiary/aromatic N) is 4. The molecule has 0 aliphatic carbocycles. The first-order valence-electron chi connectivity index (χ1n) is 11.8. The number of fused-ring (bicyclic) bond motifs is 3. The Labute approximate surface area is 201 Å². The lowest BCUT2D eigenvalue weighted by atomic mass is 9.94. The number of carbonyl (C=O) groups is 2. The Kier molecular flexibility index (Phi) is 6.49. The van der Waals surface area contributed by atoms with Gasteiger partial charge in [0, 0.05) is 42.8 Å². The van der Waals surface area contributed by atoms with E-state index in [1.54, 1.807) is 17.9 Å². The number of likely N-dealkylation sites (tertiary alicyclic amines) is 1. The Morgan fingerprint density at radius 1 is 1.15 bits per heavy atom. The van der Waals surface area contributed by atoms with Crippen LogP contribution in [-0.2, 0) is 9.53 Å². The lowest BCUT2D eigenvalue weighted by Gasteiger charge is -2.35. The molecule has 2 aliphatic rings. The van der Waals surface area contributed by atoms with E-state index >= 15 is 0 Å². The number of nitrogens with one attached hydrogen (secondary N) is 1. The number of hydrogen-bond acceptors (Lipinski definition) is 7. The Bertz CT molecular complexity index is 1200. The number of piperidine rings is 2. The second-order valence-electron chi connectivity index (χ2n) is 8.82. The van der Waals surface area contributed by atoms with Gasteiger partial charge in [0.25, 0.3) is 0 Å². The molecule has 0 unspecified atom stereocenters. The summed E-state index contributed by atoms with van der Waals surface area (Å²) in [5.41, 5.74) is 0.650. The minimum absolute atomic E-state index is 0.0449. The van der Waals surface area contributed by atoms with Crippen molar-refractivity contribution >= 4 is 49.5 Å². The Morgan fingerprint density at radius 3 is 2.65 bits per heavy atom. The molecule has 5 rings (SSSR count). The number of aromatic nitrogens is 2. The van der Waals surface area contributed by atoms with Crippen molar-refractivity contribution in [2.24, 2.45) is 5.92 Å². The summed E-state index contributed by atoms with van der Waals surface area (Å²) in [7, 11) is 0. The average Bonchev–Trinajstić information content (AvgIpc) is 3.25. The maximum absolute atomic E-state index is 14.4. The van der Waals surface area contributed by atoms with E-state index in [9.17, 15) is 14.0 Å². The highest BCUT2D eigenvalue weighted by atomic mass is 32.1. The zero-order valence-corrected chi connectivity index (χ0v) is 19.9. The van der Waals surface area contributed by atoms with E-state index in [-0.39, 0.29) is 29.8 Å². The number of anilines is 1. The van der Waals surface area contributed by atoms with Gasteiger partial charge in [-0.3, -0.25) is 4.79 Å². The molecule has 34 heavy (non-hydrogen) atoms. The fourth-order valence-electron chi connectivity index (χ4n) is 4.88. The highest BCUT2D eigenvalue weighted by Crippen LogP contribution is 2.39. The highest BCUT2D eigenvalue weighted by molar-refractivity contribution is 7.26. The lowest BCUT2D eigenvalue weighted by molar-refractivity contribution is -0.126. The molecule has 2 aromatic heterocycles. The Balaban J connectivity index is 1.19. The van der Waals surface area contributed by atoms with Crippen molar-refractivity contribution in [3.8, 4) is 0 Å². The van der Waals surface area contributed by atoms with Gasteiger partial charge in [-0.1, -0.05) is 6.07 Å². The second kappa shape index (κ2) is 9.69. The van der Waals surface area contributed by atoms with Crippen molar-refractivity contribution in [3.63, 3.8) is 0 Å². The van der Waals surface area contributed by atoms with Gasteiger partial charge in [-0.25, -0.2) is 19.2 Å². The summed E-state index contributed by atoms with van der Waals surface area (Å²) >= 11 is 1.51. The number of rotatable bonds is 4. The predicted molar refractivity (Wildman–Crippen MR) is 130 cm³/mol. The van der Waals surface area contributed by atoms with Gasteiger partial charge in [0.05, 0.1) is 22.2 Å². The van der Waals surface area contributed by atoms with Crippen LogP contribution >= 0.6 is 11.3 Å². The predicted octanol–water partition coefficient (Wildman–Crippen LogP) is 3.94. The normalized spacial score (nSPS) is 17.9. The van der Waals surface area contributed by atoms with Crippen molar-refractivity contribution in [1.29, 1.82) is 0 Å². The van der Waals surface area contributed by atoms with Crippen LogP contribution < -0.4 is 10.2 Å². The molecule has 10 heteroatoms. The zero-order chi connectivity index (χ0) is 23.7. The molecule has 2 aliphatic heterocycles. The van der Waals surface area contributed by atoms with Crippen molar-refractivity contribution < 1.29 is 18.7 Å². The van der Waals surface area contributed by atoms with Gasteiger partial charge in [0.15, 0.2) is 0 Å². The van der Waals surface area contributed by atoms with Crippen molar-refractivity contribution in [1.82, 2.24) is 20.2 Å². The molecular weight excluding hydrogens is 457 g/mol. The van der Waals surface area contributed by atoms with Gasteiger partial charge in [-0.2, -0.15) is 0 Å². The minimum Gasteiger partial charge on any atom is -0.450 e. The largest absolute Gasteiger partial charge is 0.450 e. The van der Waals surface area contributed by atoms with Crippen LogP contribution in [0.15, 0.2) is 24.5 Å². The number of hydrogen-bond donors (Lipinski definition) is 1. The molecule has 180 valence electrons. The van der Waals surface area contributed by atoms with E-state index in [1.165, 1.54) is 23.7 Å². The molecule has 0 atom stereocenters. The van der Waals surface area contributed by atoms with Crippen LogP contribution in [0.1, 0.15) is 32.6 Å². The summed E-state index contributed by atoms with van der Waals surface area (Å²) in [6.07, 6.45) is 4.17. The highest BCUT2D eigenvalue weighted by Gasteiger charge is 2.30. The third kappa shape index (κ3) is 4.38. The molecule has 8 nitrogen and oxygen atoms in total. The third-order valence-electron chi connectivity index (χ3n) is 6.74. The summed E-state index contributed by atoms with van der Waals surface area (Å²) in [4.78, 5) is 37.5. The molecule has 1 N–H and O–H groups in total. The van der Waals surface area contributed by atoms with Gasteiger partial charge >= 0.3 is 6.09 Å². The van der Waals surface area contributed by atoms with Crippen LogP contribution in [0.25, 0.3) is 20.3 Å². The number of carbonyl (C=O) groups excluding carboxylic acids is 2. The lowest BCUT2D eigenvalue weighted by Crippen LogP contribution is -2.49. The summed E-state index contributed by atoms with van der Waals surface area (Å²) in [6.45, 7) is 4.79. The fourth-order valence-corrected chi connectivity index (χ4v) is 6.07. The number of halogens is 1. The third-order valence-corrected chi connectivity index (χ3v) is 7.88. The van der Waals surface area contributed by atoms with Crippen molar-refractivity contribution in [2.75, 3.05) is 37.7 Å². The maximum atomic E-state index is 14.4. The van der Waals surface area contributed by atoms with Crippen LogP contribution in [-0.4, -0.2) is 65.7 Å². The van der Waals surface area contributed by atoms with Gasteiger partial charge in [0.1, 0.15) is 18.0 Å². The van der Waals surface area contributed by atoms with Crippen LogP contribution in [0.5, 0.6) is 0 Å². The van der Waals surface area contributed by atoms with E-state index in [0.717, 1.165) is 40.9 Å². The number of benzene rings is 1. The monoisotopic (exact) mass is 485 g/mol. The summed E-state index contributed by atoms with van der Waals surface area (Å²) < 4.78 is 21.2. The molecule has 3 aromatic rings. The fraction of sp³-hybridized carbons (Fsp3) is 0.500. The quantitative estimate of drug-likeness (QED) is 0.602. The van der Waals surface area contributed by atoms with E-state index in [4.69, 9.17) is 4.74 Å². The first-order valence-corrected chi connectivity index (χ1v) is 12.7. The molecule has 0 spiro atoms. The maximum Gasteiger partial charge on any atom is 0.409 e. The molecule has 1 aromatic carbocycles. The van der Waals surface area contributed by atoms with Crippen molar-refractivity contribution in [3.05, 3.63) is 30.3 Å². The van der Waals surface area contributed by atoms with E-state index in [1.807, 2.05) is 6.07 Å². The van der Waals surface area contributed by atoms with Crippen LogP contribution in [0.2, 0.25) is 0 Å². The average molecular weight is 486 g/mol. The Morgan fingerprint density at radius 2 is 1.91 bits per heavy atom. The van der Waals surface area contributed by atoms with Crippen LogP contribution in [0.4, 0.5) is 15.0 Å². The number of ether oxygens (including phenoxy) is 1. The molecule has 0 saturated carbocycles. The topological polar surface area (TPSA) is 87.7 Å². The smallest absolute Gasteiger partial charge is 0.409 e. The first-order chi connectivity index (χ1) is 16.5. The van der Waals surface area contributed by atoms with Crippen LogP contribution in [0.3, 0.4) is 0 Å². The van der Waals surface area contributed by atoms with Crippen molar-refractivity contribution in [2.45, 2.75) is 38.6 Å². The van der Waals surface area contributed by atoms with E-state index in [2.05, 4.69) is 20.2 Å². The summed E-state index contributed by atoms with van der Waals surface area (Å²) in [5, 5.41) is 3.74. The van der Waals surface area contributed by atoms with E-state index in [0.29, 0.717) is 43.7 Å². The van der Waals surface area contributed by atoms with Crippen LogP contribution in [0, 0.1) is 11.7 Å². The summed E-state index contributed by atoms with van der Waals surface area (Å²) in [5.74, 6) is 0.593. The van der Waals surface area contributed by atoms with Gasteiger partial charge in [0.2, 0.25) is 5.91 Å².